The fourth-order valence-corrected chi connectivity index (χ4v) is 3.08. The lowest BCUT2D eigenvalue weighted by atomic mass is 10.1. The van der Waals surface area contributed by atoms with Crippen LogP contribution >= 0.6 is 11.3 Å². The summed E-state index contributed by atoms with van der Waals surface area (Å²) < 4.78 is 5.06. The highest BCUT2D eigenvalue weighted by Crippen LogP contribution is 2.26. The van der Waals surface area contributed by atoms with Crippen LogP contribution in [0, 0.1) is 0 Å². The average Bonchev–Trinajstić information content (AvgIpc) is 3.26. The van der Waals surface area contributed by atoms with Crippen molar-refractivity contribution >= 4 is 28.3 Å². The van der Waals surface area contributed by atoms with Gasteiger partial charge in [-0.1, -0.05) is 24.3 Å². The first-order valence-electron chi connectivity index (χ1n) is 7.71. The van der Waals surface area contributed by atoms with Crippen LogP contribution in [0.25, 0.3) is 11.3 Å². The standard InChI is InChI=1S/C18H17N3O3S/c1-11(19-12(2)22)13-5-7-14(8-6-13)15-10-25-18(20-15)21-17(23)16-4-3-9-24-16/h3-11H,1-2H3,(H,19,22)(H,20,21,23). The smallest absolute Gasteiger partial charge is 0.293 e. The van der Waals surface area contributed by atoms with Crippen molar-refractivity contribution in [1.82, 2.24) is 10.3 Å². The second-order valence-electron chi connectivity index (χ2n) is 5.51. The van der Waals surface area contributed by atoms with Crippen LogP contribution in [0.5, 0.6) is 0 Å². The van der Waals surface area contributed by atoms with Gasteiger partial charge in [0, 0.05) is 17.9 Å². The normalized spacial score (nSPS) is 11.8. The fourth-order valence-electron chi connectivity index (χ4n) is 2.36. The molecule has 2 N–H and O–H groups in total. The summed E-state index contributed by atoms with van der Waals surface area (Å²) in [4.78, 5) is 27.5. The molecule has 0 spiro atoms. The highest BCUT2D eigenvalue weighted by molar-refractivity contribution is 7.14. The molecule has 0 radical (unpaired) electrons. The molecular formula is C18H17N3O3S. The molecule has 1 aromatic carbocycles. The number of anilines is 1. The lowest BCUT2D eigenvalue weighted by molar-refractivity contribution is -0.119. The maximum atomic E-state index is 12.0. The topological polar surface area (TPSA) is 84.2 Å². The number of nitrogens with one attached hydrogen (secondary N) is 2. The summed E-state index contributed by atoms with van der Waals surface area (Å²) in [5, 5.41) is 7.95. The first kappa shape index (κ1) is 16.9. The monoisotopic (exact) mass is 355 g/mol. The Morgan fingerprint density at radius 3 is 2.60 bits per heavy atom. The molecule has 3 rings (SSSR count). The van der Waals surface area contributed by atoms with Crippen molar-refractivity contribution < 1.29 is 14.0 Å². The Hall–Kier alpha value is -2.93. The molecule has 0 fully saturated rings. The van der Waals surface area contributed by atoms with Gasteiger partial charge in [0.05, 0.1) is 18.0 Å². The lowest BCUT2D eigenvalue weighted by Crippen LogP contribution is -2.23. The van der Waals surface area contributed by atoms with Crippen LogP contribution in [0.15, 0.2) is 52.5 Å². The molecule has 0 bridgehead atoms. The summed E-state index contributed by atoms with van der Waals surface area (Å²) in [6.07, 6.45) is 1.45. The quantitative estimate of drug-likeness (QED) is 0.728. The molecule has 2 amide bonds. The maximum absolute atomic E-state index is 12.0. The van der Waals surface area contributed by atoms with Crippen LogP contribution in [-0.4, -0.2) is 16.8 Å². The van der Waals surface area contributed by atoms with E-state index in [9.17, 15) is 9.59 Å². The third-order valence-electron chi connectivity index (χ3n) is 3.60. The SMILES string of the molecule is CC(=O)NC(C)c1ccc(-c2csc(NC(=O)c3ccco3)n2)cc1. The van der Waals surface area contributed by atoms with Crippen LogP contribution in [0.2, 0.25) is 0 Å². The fraction of sp³-hybridized carbons (Fsp3) is 0.167. The Labute approximate surface area is 148 Å². The van der Waals surface area contributed by atoms with Crippen LogP contribution in [0.3, 0.4) is 0 Å². The van der Waals surface area contributed by atoms with Gasteiger partial charge in [0.1, 0.15) is 0 Å². The van der Waals surface area contributed by atoms with E-state index in [1.165, 1.54) is 24.5 Å². The van der Waals surface area contributed by atoms with Gasteiger partial charge < -0.3 is 9.73 Å². The highest BCUT2D eigenvalue weighted by atomic mass is 32.1. The molecule has 7 heteroatoms. The summed E-state index contributed by atoms with van der Waals surface area (Å²) in [7, 11) is 0. The number of benzene rings is 1. The minimum atomic E-state index is -0.328. The number of hydrogen-bond donors (Lipinski definition) is 2. The number of aromatic nitrogens is 1. The Kier molecular flexibility index (Phi) is 4.95. The molecule has 1 atom stereocenters. The number of carbonyl (C=O) groups is 2. The molecule has 2 aromatic heterocycles. The van der Waals surface area contributed by atoms with Crippen molar-refractivity contribution in [1.29, 1.82) is 0 Å². The zero-order chi connectivity index (χ0) is 17.8. The Morgan fingerprint density at radius 1 is 1.20 bits per heavy atom. The Morgan fingerprint density at radius 2 is 1.96 bits per heavy atom. The van der Waals surface area contributed by atoms with Gasteiger partial charge >= 0.3 is 0 Å². The van der Waals surface area contributed by atoms with E-state index in [0.29, 0.717) is 5.13 Å². The highest BCUT2D eigenvalue weighted by Gasteiger charge is 2.12. The van der Waals surface area contributed by atoms with Crippen molar-refractivity contribution in [3.05, 3.63) is 59.4 Å². The molecule has 1 unspecified atom stereocenters. The van der Waals surface area contributed by atoms with Crippen LogP contribution in [0.1, 0.15) is 36.0 Å². The third-order valence-corrected chi connectivity index (χ3v) is 4.35. The van der Waals surface area contributed by atoms with E-state index in [0.717, 1.165) is 16.8 Å². The largest absolute Gasteiger partial charge is 0.459 e. The van der Waals surface area contributed by atoms with Gasteiger partial charge in [0.25, 0.3) is 5.91 Å². The van der Waals surface area contributed by atoms with Crippen LogP contribution in [0.4, 0.5) is 5.13 Å². The van der Waals surface area contributed by atoms with Gasteiger partial charge in [0.15, 0.2) is 10.9 Å². The average molecular weight is 355 g/mol. The van der Waals surface area contributed by atoms with Crippen molar-refractivity contribution in [2.45, 2.75) is 19.9 Å². The lowest BCUT2D eigenvalue weighted by Gasteiger charge is -2.12. The summed E-state index contributed by atoms with van der Waals surface area (Å²) in [6, 6.07) is 11.0. The number of thiazole rings is 1. The second-order valence-corrected chi connectivity index (χ2v) is 6.37. The number of nitrogens with zero attached hydrogens (tertiary/aromatic N) is 1. The van der Waals surface area contributed by atoms with Crippen LogP contribution < -0.4 is 10.6 Å². The van der Waals surface area contributed by atoms with Gasteiger partial charge in [-0.25, -0.2) is 4.98 Å². The van der Waals surface area contributed by atoms with E-state index >= 15 is 0 Å². The van der Waals surface area contributed by atoms with Gasteiger partial charge in [-0.3, -0.25) is 14.9 Å². The van der Waals surface area contributed by atoms with E-state index in [2.05, 4.69) is 15.6 Å². The number of amides is 2. The van der Waals surface area contributed by atoms with E-state index < -0.39 is 0 Å². The first-order valence-corrected chi connectivity index (χ1v) is 8.58. The van der Waals surface area contributed by atoms with Gasteiger partial charge in [-0.2, -0.15) is 0 Å². The number of carbonyl (C=O) groups excluding carboxylic acids is 2. The van der Waals surface area contributed by atoms with Crippen molar-refractivity contribution in [3.8, 4) is 11.3 Å². The molecule has 0 aliphatic rings. The van der Waals surface area contributed by atoms with Gasteiger partial charge in [0.2, 0.25) is 5.91 Å². The Bertz CT molecular complexity index is 869. The number of furan rings is 1. The molecule has 25 heavy (non-hydrogen) atoms. The summed E-state index contributed by atoms with van der Waals surface area (Å²) in [6.45, 7) is 3.43. The van der Waals surface area contributed by atoms with Gasteiger partial charge in [-0.15, -0.1) is 11.3 Å². The maximum Gasteiger partial charge on any atom is 0.293 e. The molecule has 128 valence electrons. The van der Waals surface area contributed by atoms with Gasteiger partial charge in [-0.05, 0) is 24.6 Å². The zero-order valence-electron chi connectivity index (χ0n) is 13.8. The minimum Gasteiger partial charge on any atom is -0.459 e. The summed E-state index contributed by atoms with van der Waals surface area (Å²) in [5.74, 6) is -0.147. The molecule has 0 aliphatic heterocycles. The van der Waals surface area contributed by atoms with Crippen LogP contribution in [-0.2, 0) is 4.79 Å². The molecular weight excluding hydrogens is 338 g/mol. The molecule has 0 saturated heterocycles. The summed E-state index contributed by atoms with van der Waals surface area (Å²) in [5.41, 5.74) is 2.73. The Balaban J connectivity index is 1.69. The zero-order valence-corrected chi connectivity index (χ0v) is 14.6. The van der Waals surface area contributed by atoms with E-state index in [-0.39, 0.29) is 23.6 Å². The van der Waals surface area contributed by atoms with Crippen molar-refractivity contribution in [2.24, 2.45) is 0 Å². The third kappa shape index (κ3) is 4.13. The van der Waals surface area contributed by atoms with Crippen molar-refractivity contribution in [2.75, 3.05) is 5.32 Å². The molecule has 2 heterocycles. The number of rotatable bonds is 5. The number of hydrogen-bond acceptors (Lipinski definition) is 5. The summed E-state index contributed by atoms with van der Waals surface area (Å²) >= 11 is 1.35. The molecule has 0 aliphatic carbocycles. The second kappa shape index (κ2) is 7.31. The predicted octanol–water partition coefficient (Wildman–Crippen LogP) is 3.85. The minimum absolute atomic E-state index is 0.0508. The van der Waals surface area contributed by atoms with Crippen molar-refractivity contribution in [3.63, 3.8) is 0 Å². The molecule has 6 nitrogen and oxygen atoms in total. The first-order chi connectivity index (χ1) is 12.0. The van der Waals surface area contributed by atoms with E-state index in [1.807, 2.05) is 36.6 Å². The van der Waals surface area contributed by atoms with E-state index in [4.69, 9.17) is 4.42 Å². The molecule has 3 aromatic rings. The predicted molar refractivity (Wildman–Crippen MR) is 96.4 cm³/mol. The van der Waals surface area contributed by atoms with E-state index in [1.54, 1.807) is 12.1 Å². The molecule has 0 saturated carbocycles.